The second-order valence-corrected chi connectivity index (χ2v) is 4.85. The van der Waals surface area contributed by atoms with Crippen molar-refractivity contribution in [3.63, 3.8) is 0 Å². The van der Waals surface area contributed by atoms with E-state index in [1.54, 1.807) is 12.1 Å². The van der Waals surface area contributed by atoms with Gasteiger partial charge in [-0.15, -0.1) is 0 Å². The van der Waals surface area contributed by atoms with Gasteiger partial charge < -0.3 is 14.4 Å². The summed E-state index contributed by atoms with van der Waals surface area (Å²) in [6.45, 7) is 2.54. The lowest BCUT2D eigenvalue weighted by Gasteiger charge is -2.29. The van der Waals surface area contributed by atoms with Crippen LogP contribution in [0.4, 0.5) is 20.6 Å². The molecule has 2 fully saturated rings. The van der Waals surface area contributed by atoms with E-state index in [0.717, 1.165) is 0 Å². The molecule has 0 aromatic heterocycles. The molecule has 0 spiro atoms. The third-order valence-corrected chi connectivity index (χ3v) is 3.55. The van der Waals surface area contributed by atoms with Crippen molar-refractivity contribution >= 4 is 17.5 Å². The van der Waals surface area contributed by atoms with E-state index in [2.05, 4.69) is 0 Å². The molecule has 0 unspecified atom stereocenters. The third-order valence-electron chi connectivity index (χ3n) is 3.55. The Morgan fingerprint density at radius 1 is 1.33 bits per heavy atom. The van der Waals surface area contributed by atoms with Gasteiger partial charge in [-0.05, 0) is 18.2 Å². The molecular formula is C14H14FN3O3. The third kappa shape index (κ3) is 2.62. The first-order valence-corrected chi connectivity index (χ1v) is 6.69. The summed E-state index contributed by atoms with van der Waals surface area (Å²) in [6.07, 6.45) is -1.43. The molecule has 0 bridgehead atoms. The van der Waals surface area contributed by atoms with Gasteiger partial charge in [0.05, 0.1) is 31.1 Å². The zero-order valence-corrected chi connectivity index (χ0v) is 11.3. The highest BCUT2D eigenvalue weighted by molar-refractivity contribution is 5.90. The fourth-order valence-electron chi connectivity index (χ4n) is 2.47. The molecule has 1 amide bonds. The first-order valence-electron chi connectivity index (χ1n) is 6.69. The van der Waals surface area contributed by atoms with Crippen LogP contribution in [0, 0.1) is 17.1 Å². The van der Waals surface area contributed by atoms with Crippen molar-refractivity contribution in [2.24, 2.45) is 0 Å². The molecule has 110 valence electrons. The Hall–Kier alpha value is -2.33. The van der Waals surface area contributed by atoms with Crippen LogP contribution in [0.1, 0.15) is 0 Å². The molecule has 0 aliphatic carbocycles. The molecule has 1 aromatic carbocycles. The van der Waals surface area contributed by atoms with E-state index in [1.165, 1.54) is 11.0 Å². The fourth-order valence-corrected chi connectivity index (χ4v) is 2.47. The number of nitrogens with zero attached hydrogens (tertiary/aromatic N) is 3. The highest BCUT2D eigenvalue weighted by atomic mass is 19.1. The summed E-state index contributed by atoms with van der Waals surface area (Å²) >= 11 is 0. The van der Waals surface area contributed by atoms with Crippen LogP contribution in [0.5, 0.6) is 0 Å². The number of ether oxygens (including phenoxy) is 2. The van der Waals surface area contributed by atoms with Crippen molar-refractivity contribution in [2.75, 3.05) is 42.6 Å². The average molecular weight is 291 g/mol. The maximum Gasteiger partial charge on any atom is 0.415 e. The molecule has 6 nitrogen and oxygen atoms in total. The quantitative estimate of drug-likeness (QED) is 0.826. The number of anilines is 2. The van der Waals surface area contributed by atoms with Crippen LogP contribution in [-0.4, -0.2) is 45.0 Å². The van der Waals surface area contributed by atoms with Crippen molar-refractivity contribution in [2.45, 2.75) is 6.10 Å². The van der Waals surface area contributed by atoms with Gasteiger partial charge in [0.1, 0.15) is 11.9 Å². The molecule has 2 aliphatic heterocycles. The predicted molar refractivity (Wildman–Crippen MR) is 72.7 cm³/mol. The van der Waals surface area contributed by atoms with Crippen LogP contribution in [0.2, 0.25) is 0 Å². The standard InChI is InChI=1S/C14H14FN3O3/c15-12-7-10(18-9-11(8-16)21-14(18)19)1-2-13(12)17-3-5-20-6-4-17/h1-2,7,11H,3-6,9H2/t11-/m0/s1. The summed E-state index contributed by atoms with van der Waals surface area (Å²) in [4.78, 5) is 14.8. The molecule has 0 N–H and O–H groups in total. The zero-order chi connectivity index (χ0) is 14.8. The molecule has 2 aliphatic rings. The number of amides is 1. The van der Waals surface area contributed by atoms with Crippen LogP contribution in [-0.2, 0) is 9.47 Å². The lowest BCUT2D eigenvalue weighted by Crippen LogP contribution is -2.36. The number of carbonyl (C=O) groups excluding carboxylic acids is 1. The van der Waals surface area contributed by atoms with Gasteiger partial charge in [0.15, 0.2) is 0 Å². The van der Waals surface area contributed by atoms with E-state index in [-0.39, 0.29) is 6.54 Å². The maximum absolute atomic E-state index is 14.3. The van der Waals surface area contributed by atoms with Crippen molar-refractivity contribution < 1.29 is 18.7 Å². The van der Waals surface area contributed by atoms with E-state index < -0.39 is 18.0 Å². The molecule has 3 rings (SSSR count). The van der Waals surface area contributed by atoms with E-state index in [1.807, 2.05) is 11.0 Å². The predicted octanol–water partition coefficient (Wildman–Crippen LogP) is 1.51. The van der Waals surface area contributed by atoms with Gasteiger partial charge in [0.25, 0.3) is 0 Å². The molecule has 1 aromatic rings. The second-order valence-electron chi connectivity index (χ2n) is 4.85. The summed E-state index contributed by atoms with van der Waals surface area (Å²) in [6, 6.07) is 6.47. The minimum atomic E-state index is -0.806. The smallest absolute Gasteiger partial charge is 0.415 e. The number of nitriles is 1. The molecule has 1 atom stereocenters. The molecule has 0 radical (unpaired) electrons. The number of hydrogen-bond acceptors (Lipinski definition) is 5. The van der Waals surface area contributed by atoms with Crippen LogP contribution in [0.3, 0.4) is 0 Å². The summed E-state index contributed by atoms with van der Waals surface area (Å²) < 4.78 is 24.3. The van der Waals surface area contributed by atoms with Crippen LogP contribution in [0.15, 0.2) is 18.2 Å². The van der Waals surface area contributed by atoms with Crippen molar-refractivity contribution in [1.82, 2.24) is 0 Å². The van der Waals surface area contributed by atoms with E-state index >= 15 is 0 Å². The lowest BCUT2D eigenvalue weighted by molar-refractivity contribution is 0.122. The highest BCUT2D eigenvalue weighted by Crippen LogP contribution is 2.28. The summed E-state index contributed by atoms with van der Waals surface area (Å²) in [5.41, 5.74) is 0.888. The highest BCUT2D eigenvalue weighted by Gasteiger charge is 2.32. The van der Waals surface area contributed by atoms with Crippen LogP contribution >= 0.6 is 0 Å². The molecular weight excluding hydrogens is 277 g/mol. The van der Waals surface area contributed by atoms with Crippen LogP contribution < -0.4 is 9.80 Å². The molecule has 21 heavy (non-hydrogen) atoms. The second kappa shape index (κ2) is 5.58. The molecule has 2 saturated heterocycles. The Morgan fingerprint density at radius 2 is 2.10 bits per heavy atom. The van der Waals surface area contributed by atoms with E-state index in [9.17, 15) is 9.18 Å². The van der Waals surface area contributed by atoms with Crippen LogP contribution in [0.25, 0.3) is 0 Å². The molecule has 2 heterocycles. The molecule has 0 saturated carbocycles. The first-order chi connectivity index (χ1) is 10.2. The van der Waals surface area contributed by atoms with Gasteiger partial charge in [-0.3, -0.25) is 4.90 Å². The Bertz CT molecular complexity index is 596. The number of morpholine rings is 1. The SMILES string of the molecule is N#C[C@H]1CN(c2ccc(N3CCOCC3)c(F)c2)C(=O)O1. The van der Waals surface area contributed by atoms with Crippen molar-refractivity contribution in [1.29, 1.82) is 5.26 Å². The van der Waals surface area contributed by atoms with Gasteiger partial charge in [0, 0.05) is 13.1 Å². The normalized spacial score (nSPS) is 22.1. The average Bonchev–Trinajstić information content (AvgIpc) is 2.89. The largest absolute Gasteiger partial charge is 0.428 e. The summed E-state index contributed by atoms with van der Waals surface area (Å²) in [5.74, 6) is -0.400. The number of rotatable bonds is 2. The Balaban J connectivity index is 1.81. The lowest BCUT2D eigenvalue weighted by atomic mass is 10.2. The van der Waals surface area contributed by atoms with Crippen molar-refractivity contribution in [3.05, 3.63) is 24.0 Å². The monoisotopic (exact) mass is 291 g/mol. The van der Waals surface area contributed by atoms with E-state index in [0.29, 0.717) is 37.7 Å². The fraction of sp³-hybridized carbons (Fsp3) is 0.429. The molecule has 7 heteroatoms. The number of halogens is 1. The number of hydrogen-bond donors (Lipinski definition) is 0. The number of benzene rings is 1. The maximum atomic E-state index is 14.3. The Morgan fingerprint density at radius 3 is 2.71 bits per heavy atom. The first kappa shape index (κ1) is 13.6. The zero-order valence-electron chi connectivity index (χ0n) is 11.3. The van der Waals surface area contributed by atoms with E-state index in [4.69, 9.17) is 14.7 Å². The number of cyclic esters (lactones) is 1. The van der Waals surface area contributed by atoms with Gasteiger partial charge in [-0.25, -0.2) is 9.18 Å². The Labute approximate surface area is 121 Å². The minimum Gasteiger partial charge on any atom is -0.428 e. The van der Waals surface area contributed by atoms with Gasteiger partial charge in [0.2, 0.25) is 6.10 Å². The van der Waals surface area contributed by atoms with Gasteiger partial charge >= 0.3 is 6.09 Å². The summed E-state index contributed by atoms with van der Waals surface area (Å²) in [7, 11) is 0. The number of carbonyl (C=O) groups is 1. The Kier molecular flexibility index (Phi) is 3.62. The van der Waals surface area contributed by atoms with Gasteiger partial charge in [-0.2, -0.15) is 5.26 Å². The minimum absolute atomic E-state index is 0.117. The summed E-state index contributed by atoms with van der Waals surface area (Å²) in [5, 5.41) is 8.77. The topological polar surface area (TPSA) is 65.8 Å². The van der Waals surface area contributed by atoms with Gasteiger partial charge in [-0.1, -0.05) is 0 Å². The van der Waals surface area contributed by atoms with Crippen molar-refractivity contribution in [3.8, 4) is 6.07 Å².